The van der Waals surface area contributed by atoms with Crippen LogP contribution in [-0.4, -0.2) is 25.7 Å². The number of carbonyl (C=O) groups excluding carboxylic acids is 1. The van der Waals surface area contributed by atoms with E-state index in [0.29, 0.717) is 6.61 Å². The average molecular weight is 241 g/mol. The third kappa shape index (κ3) is 3.32. The first-order valence-corrected chi connectivity index (χ1v) is 6.29. The van der Waals surface area contributed by atoms with Crippen LogP contribution in [0.15, 0.2) is 6.07 Å². The summed E-state index contributed by atoms with van der Waals surface area (Å²) in [6.45, 7) is 6.63. The Hall–Kier alpha value is -0.870. The van der Waals surface area contributed by atoms with Gasteiger partial charge in [-0.3, -0.25) is 4.79 Å². The fraction of sp³-hybridized carbons (Fsp3) is 0.583. The first-order chi connectivity index (χ1) is 7.58. The first kappa shape index (κ1) is 13.2. The van der Waals surface area contributed by atoms with E-state index in [1.807, 2.05) is 13.0 Å². The Morgan fingerprint density at radius 3 is 2.81 bits per heavy atom. The van der Waals surface area contributed by atoms with E-state index in [2.05, 4.69) is 19.2 Å². The molecule has 1 aromatic rings. The van der Waals surface area contributed by atoms with Crippen LogP contribution in [0.2, 0.25) is 0 Å². The van der Waals surface area contributed by atoms with Crippen molar-refractivity contribution < 1.29 is 9.53 Å². The Bertz CT molecular complexity index is 360. The summed E-state index contributed by atoms with van der Waals surface area (Å²) in [5.74, 6) is -0.00245. The van der Waals surface area contributed by atoms with Crippen LogP contribution in [0.1, 0.15) is 34.0 Å². The van der Waals surface area contributed by atoms with E-state index in [1.54, 1.807) is 18.4 Å². The number of thiophene rings is 1. The third-order valence-electron chi connectivity index (χ3n) is 2.42. The van der Waals surface area contributed by atoms with Crippen molar-refractivity contribution in [2.75, 3.05) is 13.7 Å². The van der Waals surface area contributed by atoms with Gasteiger partial charge in [0.05, 0.1) is 11.5 Å². The highest BCUT2D eigenvalue weighted by Crippen LogP contribution is 2.21. The molecule has 1 atom stereocenters. The number of hydrogen-bond acceptors (Lipinski definition) is 3. The lowest BCUT2D eigenvalue weighted by Crippen LogP contribution is -2.35. The van der Waals surface area contributed by atoms with Crippen LogP contribution in [-0.2, 0) is 11.2 Å². The molecule has 1 heterocycles. The molecule has 1 rings (SSSR count). The standard InChI is InChI=1S/C12H19NO2S/c1-5-10-6-11(16-9(10)3)12(14)13-8(2)7-15-4/h6,8H,5,7H2,1-4H3,(H,13,14)/t8-/m0/s1. The van der Waals surface area contributed by atoms with Gasteiger partial charge < -0.3 is 10.1 Å². The molecule has 90 valence electrons. The molecule has 16 heavy (non-hydrogen) atoms. The Morgan fingerprint density at radius 1 is 1.62 bits per heavy atom. The molecule has 0 saturated carbocycles. The quantitative estimate of drug-likeness (QED) is 0.859. The number of hydrogen-bond donors (Lipinski definition) is 1. The number of aryl methyl sites for hydroxylation is 2. The van der Waals surface area contributed by atoms with Gasteiger partial charge in [0.2, 0.25) is 0 Å². The summed E-state index contributed by atoms with van der Waals surface area (Å²) >= 11 is 1.55. The number of amides is 1. The maximum atomic E-state index is 11.9. The van der Waals surface area contributed by atoms with E-state index in [-0.39, 0.29) is 11.9 Å². The normalized spacial score (nSPS) is 12.5. The van der Waals surface area contributed by atoms with Gasteiger partial charge in [-0.15, -0.1) is 11.3 Å². The average Bonchev–Trinajstić information content (AvgIpc) is 2.60. The van der Waals surface area contributed by atoms with Crippen LogP contribution in [0.4, 0.5) is 0 Å². The van der Waals surface area contributed by atoms with E-state index >= 15 is 0 Å². The van der Waals surface area contributed by atoms with Gasteiger partial charge in [0.25, 0.3) is 5.91 Å². The second-order valence-electron chi connectivity index (χ2n) is 3.88. The van der Waals surface area contributed by atoms with Gasteiger partial charge in [0.1, 0.15) is 0 Å². The summed E-state index contributed by atoms with van der Waals surface area (Å²) < 4.78 is 4.98. The van der Waals surface area contributed by atoms with E-state index < -0.39 is 0 Å². The summed E-state index contributed by atoms with van der Waals surface area (Å²) in [5, 5.41) is 2.91. The Kier molecular flexibility index (Phi) is 4.96. The molecule has 3 nitrogen and oxygen atoms in total. The van der Waals surface area contributed by atoms with Crippen molar-refractivity contribution in [1.29, 1.82) is 0 Å². The summed E-state index contributed by atoms with van der Waals surface area (Å²) in [7, 11) is 1.63. The number of ether oxygens (including phenoxy) is 1. The molecule has 4 heteroatoms. The van der Waals surface area contributed by atoms with E-state index in [0.717, 1.165) is 11.3 Å². The molecule has 0 spiro atoms. The van der Waals surface area contributed by atoms with Gasteiger partial charge in [0, 0.05) is 18.0 Å². The van der Waals surface area contributed by atoms with Crippen molar-refractivity contribution >= 4 is 17.2 Å². The maximum Gasteiger partial charge on any atom is 0.261 e. The molecular weight excluding hydrogens is 222 g/mol. The van der Waals surface area contributed by atoms with Gasteiger partial charge in [0.15, 0.2) is 0 Å². The molecule has 0 unspecified atom stereocenters. The van der Waals surface area contributed by atoms with Crippen LogP contribution in [0.3, 0.4) is 0 Å². The molecule has 1 N–H and O–H groups in total. The molecule has 0 aliphatic heterocycles. The van der Waals surface area contributed by atoms with Crippen molar-refractivity contribution in [3.63, 3.8) is 0 Å². The van der Waals surface area contributed by atoms with E-state index in [9.17, 15) is 4.79 Å². The number of rotatable bonds is 5. The topological polar surface area (TPSA) is 38.3 Å². The molecule has 0 bridgehead atoms. The lowest BCUT2D eigenvalue weighted by molar-refractivity contribution is 0.0909. The summed E-state index contributed by atoms with van der Waals surface area (Å²) in [4.78, 5) is 13.9. The molecule has 1 aromatic heterocycles. The van der Waals surface area contributed by atoms with Crippen LogP contribution < -0.4 is 5.32 Å². The molecule has 0 saturated heterocycles. The van der Waals surface area contributed by atoms with Crippen molar-refractivity contribution in [3.8, 4) is 0 Å². The van der Waals surface area contributed by atoms with E-state index in [4.69, 9.17) is 4.74 Å². The minimum Gasteiger partial charge on any atom is -0.383 e. The molecule has 0 radical (unpaired) electrons. The van der Waals surface area contributed by atoms with Crippen LogP contribution in [0, 0.1) is 6.92 Å². The highest BCUT2D eigenvalue weighted by atomic mass is 32.1. The zero-order valence-electron chi connectivity index (χ0n) is 10.3. The van der Waals surface area contributed by atoms with E-state index in [1.165, 1.54) is 10.4 Å². The van der Waals surface area contributed by atoms with Crippen molar-refractivity contribution in [2.45, 2.75) is 33.2 Å². The zero-order valence-corrected chi connectivity index (χ0v) is 11.1. The van der Waals surface area contributed by atoms with Gasteiger partial charge in [-0.05, 0) is 31.9 Å². The molecule has 0 fully saturated rings. The fourth-order valence-electron chi connectivity index (χ4n) is 1.57. The summed E-state index contributed by atoms with van der Waals surface area (Å²) in [6, 6.07) is 2.03. The van der Waals surface area contributed by atoms with Crippen LogP contribution in [0.5, 0.6) is 0 Å². The number of nitrogens with one attached hydrogen (secondary N) is 1. The SMILES string of the molecule is CCc1cc(C(=O)N[C@@H](C)COC)sc1C. The Balaban J connectivity index is 2.65. The predicted molar refractivity (Wildman–Crippen MR) is 67.2 cm³/mol. The van der Waals surface area contributed by atoms with Crippen LogP contribution >= 0.6 is 11.3 Å². The lowest BCUT2D eigenvalue weighted by atomic mass is 10.2. The number of carbonyl (C=O) groups is 1. The molecular formula is C12H19NO2S. The largest absolute Gasteiger partial charge is 0.383 e. The monoisotopic (exact) mass is 241 g/mol. The zero-order chi connectivity index (χ0) is 12.1. The van der Waals surface area contributed by atoms with Crippen molar-refractivity contribution in [3.05, 3.63) is 21.4 Å². The van der Waals surface area contributed by atoms with Crippen LogP contribution in [0.25, 0.3) is 0 Å². The van der Waals surface area contributed by atoms with Gasteiger partial charge in [-0.2, -0.15) is 0 Å². The minimum atomic E-state index is -0.00245. The predicted octanol–water partition coefficient (Wildman–Crippen LogP) is 2.38. The highest BCUT2D eigenvalue weighted by molar-refractivity contribution is 7.14. The fourth-order valence-corrected chi connectivity index (χ4v) is 2.59. The molecule has 0 aliphatic rings. The second kappa shape index (κ2) is 6.01. The van der Waals surface area contributed by atoms with Crippen molar-refractivity contribution in [1.82, 2.24) is 5.32 Å². The first-order valence-electron chi connectivity index (χ1n) is 5.47. The smallest absolute Gasteiger partial charge is 0.261 e. The lowest BCUT2D eigenvalue weighted by Gasteiger charge is -2.11. The summed E-state index contributed by atoms with van der Waals surface area (Å²) in [5.41, 5.74) is 1.26. The van der Waals surface area contributed by atoms with Gasteiger partial charge in [-0.25, -0.2) is 0 Å². The Labute approximate surface area is 101 Å². The van der Waals surface area contributed by atoms with Crippen molar-refractivity contribution in [2.24, 2.45) is 0 Å². The third-order valence-corrected chi connectivity index (χ3v) is 3.51. The summed E-state index contributed by atoms with van der Waals surface area (Å²) in [6.07, 6.45) is 0.975. The molecule has 1 amide bonds. The van der Waals surface area contributed by atoms with Gasteiger partial charge >= 0.3 is 0 Å². The highest BCUT2D eigenvalue weighted by Gasteiger charge is 2.13. The molecule has 0 aliphatic carbocycles. The molecule has 0 aromatic carbocycles. The maximum absolute atomic E-state index is 11.9. The second-order valence-corrected chi connectivity index (χ2v) is 5.13. The Morgan fingerprint density at radius 2 is 2.31 bits per heavy atom. The number of methoxy groups -OCH3 is 1. The minimum absolute atomic E-state index is 0.00245. The van der Waals surface area contributed by atoms with Gasteiger partial charge in [-0.1, -0.05) is 6.92 Å².